The van der Waals surface area contributed by atoms with Crippen molar-refractivity contribution in [2.45, 2.75) is 72.3 Å². The van der Waals surface area contributed by atoms with Gasteiger partial charge in [-0.15, -0.1) is 0 Å². The van der Waals surface area contributed by atoms with Crippen molar-refractivity contribution in [3.05, 3.63) is 17.5 Å². The van der Waals surface area contributed by atoms with Crippen molar-refractivity contribution >= 4 is 5.96 Å². The van der Waals surface area contributed by atoms with Gasteiger partial charge in [0.15, 0.2) is 5.96 Å². The molecule has 0 aliphatic rings. The molecule has 1 aromatic heterocycles. The second-order valence-electron chi connectivity index (χ2n) is 5.97. The van der Waals surface area contributed by atoms with E-state index in [4.69, 9.17) is 5.73 Å². The Morgan fingerprint density at radius 2 is 1.91 bits per heavy atom. The number of hydrogen-bond donors (Lipinski definition) is 2. The van der Waals surface area contributed by atoms with Gasteiger partial charge in [0.25, 0.3) is 0 Å². The van der Waals surface area contributed by atoms with E-state index in [-0.39, 0.29) is 0 Å². The van der Waals surface area contributed by atoms with Gasteiger partial charge in [-0.3, -0.25) is 9.67 Å². The topological polar surface area (TPSA) is 68.2 Å². The maximum atomic E-state index is 5.87. The van der Waals surface area contributed by atoms with Crippen LogP contribution in [0.15, 0.2) is 11.1 Å². The Balaban J connectivity index is 2.04. The molecule has 0 amide bonds. The molecule has 0 bridgehead atoms. The molecular weight excluding hydrogens is 274 g/mol. The monoisotopic (exact) mass is 307 g/mol. The van der Waals surface area contributed by atoms with Crippen LogP contribution in [0.25, 0.3) is 0 Å². The van der Waals surface area contributed by atoms with Gasteiger partial charge in [0.05, 0.1) is 5.69 Å². The number of aromatic nitrogens is 2. The van der Waals surface area contributed by atoms with Gasteiger partial charge >= 0.3 is 0 Å². The summed E-state index contributed by atoms with van der Waals surface area (Å²) in [5.41, 5.74) is 8.14. The van der Waals surface area contributed by atoms with Crippen molar-refractivity contribution in [3.8, 4) is 0 Å². The van der Waals surface area contributed by atoms with Crippen LogP contribution in [0, 0.1) is 13.8 Å². The highest BCUT2D eigenvalue weighted by Crippen LogP contribution is 2.04. The molecule has 5 nitrogen and oxygen atoms in total. The zero-order valence-corrected chi connectivity index (χ0v) is 14.6. The van der Waals surface area contributed by atoms with Gasteiger partial charge in [-0.25, -0.2) is 0 Å². The molecule has 0 saturated carbocycles. The molecule has 0 spiro atoms. The summed E-state index contributed by atoms with van der Waals surface area (Å²) in [6.45, 7) is 8.92. The predicted octanol–water partition coefficient (Wildman–Crippen LogP) is 3.15. The first-order valence-corrected chi connectivity index (χ1v) is 8.68. The average Bonchev–Trinajstić information content (AvgIpc) is 2.80. The number of guanidine groups is 1. The summed E-state index contributed by atoms with van der Waals surface area (Å²) in [7, 11) is 0. The quantitative estimate of drug-likeness (QED) is 0.375. The summed E-state index contributed by atoms with van der Waals surface area (Å²) >= 11 is 0. The molecule has 1 heterocycles. The van der Waals surface area contributed by atoms with Gasteiger partial charge in [-0.2, -0.15) is 5.10 Å². The summed E-state index contributed by atoms with van der Waals surface area (Å²) in [6, 6.07) is 2.10. The van der Waals surface area contributed by atoms with Crippen molar-refractivity contribution in [1.29, 1.82) is 0 Å². The number of aliphatic imine (C=N–C) groups is 1. The fourth-order valence-corrected chi connectivity index (χ4v) is 2.50. The van der Waals surface area contributed by atoms with E-state index in [1.165, 1.54) is 44.2 Å². The minimum absolute atomic E-state index is 0.571. The average molecular weight is 307 g/mol. The molecule has 0 aliphatic carbocycles. The van der Waals surface area contributed by atoms with E-state index in [1.807, 2.05) is 11.6 Å². The lowest BCUT2D eigenvalue weighted by Crippen LogP contribution is -2.32. The number of nitrogens with zero attached hydrogens (tertiary/aromatic N) is 3. The van der Waals surface area contributed by atoms with Crippen molar-refractivity contribution in [2.75, 3.05) is 13.1 Å². The molecular formula is C17H33N5. The SMILES string of the molecule is CCCCCCCCNC(N)=NCCCn1nc(C)cc1C. The fraction of sp³-hybridized carbons (Fsp3) is 0.765. The second-order valence-corrected chi connectivity index (χ2v) is 5.97. The van der Waals surface area contributed by atoms with Gasteiger partial charge in [-0.1, -0.05) is 39.0 Å². The molecule has 22 heavy (non-hydrogen) atoms. The van der Waals surface area contributed by atoms with Crippen LogP contribution in [-0.2, 0) is 6.54 Å². The van der Waals surface area contributed by atoms with Crippen LogP contribution in [0.4, 0.5) is 0 Å². The third-order valence-electron chi connectivity index (χ3n) is 3.75. The van der Waals surface area contributed by atoms with Crippen LogP contribution in [0.3, 0.4) is 0 Å². The second kappa shape index (κ2) is 11.1. The Bertz CT molecular complexity index is 436. The summed E-state index contributed by atoms with van der Waals surface area (Å²) in [5.74, 6) is 0.571. The number of aryl methyl sites for hydroxylation is 3. The first-order valence-electron chi connectivity index (χ1n) is 8.68. The molecule has 0 radical (unpaired) electrons. The third-order valence-corrected chi connectivity index (χ3v) is 3.75. The number of nitrogens with one attached hydrogen (secondary N) is 1. The highest BCUT2D eigenvalue weighted by Gasteiger charge is 1.99. The maximum absolute atomic E-state index is 5.87. The van der Waals surface area contributed by atoms with Crippen molar-refractivity contribution in [1.82, 2.24) is 15.1 Å². The van der Waals surface area contributed by atoms with E-state index in [0.717, 1.165) is 31.7 Å². The van der Waals surface area contributed by atoms with Crippen molar-refractivity contribution in [2.24, 2.45) is 10.7 Å². The Morgan fingerprint density at radius 3 is 2.59 bits per heavy atom. The highest BCUT2D eigenvalue weighted by molar-refractivity contribution is 5.77. The van der Waals surface area contributed by atoms with Crippen LogP contribution < -0.4 is 11.1 Å². The normalized spacial score (nSPS) is 11.9. The van der Waals surface area contributed by atoms with Crippen molar-refractivity contribution < 1.29 is 0 Å². The van der Waals surface area contributed by atoms with Gasteiger partial charge in [-0.05, 0) is 32.8 Å². The summed E-state index contributed by atoms with van der Waals surface area (Å²) in [5, 5.41) is 7.63. The Morgan fingerprint density at radius 1 is 1.18 bits per heavy atom. The summed E-state index contributed by atoms with van der Waals surface area (Å²) in [4.78, 5) is 4.37. The molecule has 126 valence electrons. The maximum Gasteiger partial charge on any atom is 0.188 e. The van der Waals surface area contributed by atoms with E-state index < -0.39 is 0 Å². The molecule has 0 aliphatic heterocycles. The lowest BCUT2D eigenvalue weighted by molar-refractivity contribution is 0.567. The van der Waals surface area contributed by atoms with Crippen LogP contribution in [0.1, 0.15) is 63.3 Å². The zero-order chi connectivity index (χ0) is 16.2. The molecule has 1 aromatic rings. The van der Waals surface area contributed by atoms with E-state index in [2.05, 4.69) is 35.3 Å². The molecule has 0 atom stereocenters. The standard InChI is InChI=1S/C17H33N5/c1-4-5-6-7-8-9-11-19-17(18)20-12-10-13-22-16(3)14-15(2)21-22/h14H,4-13H2,1-3H3,(H3,18,19,20). The van der Waals surface area contributed by atoms with E-state index in [1.54, 1.807) is 0 Å². The molecule has 5 heteroatoms. The van der Waals surface area contributed by atoms with E-state index >= 15 is 0 Å². The zero-order valence-electron chi connectivity index (χ0n) is 14.6. The minimum Gasteiger partial charge on any atom is -0.370 e. The van der Waals surface area contributed by atoms with Gasteiger partial charge < -0.3 is 11.1 Å². The van der Waals surface area contributed by atoms with Gasteiger partial charge in [0.2, 0.25) is 0 Å². The van der Waals surface area contributed by atoms with Crippen molar-refractivity contribution in [3.63, 3.8) is 0 Å². The Hall–Kier alpha value is -1.52. The lowest BCUT2D eigenvalue weighted by Gasteiger charge is -2.06. The molecule has 0 unspecified atom stereocenters. The molecule has 0 aromatic carbocycles. The molecule has 3 N–H and O–H groups in total. The first kappa shape index (κ1) is 18.5. The largest absolute Gasteiger partial charge is 0.370 e. The number of hydrogen-bond acceptors (Lipinski definition) is 2. The summed E-state index contributed by atoms with van der Waals surface area (Å²) < 4.78 is 2.03. The smallest absolute Gasteiger partial charge is 0.188 e. The lowest BCUT2D eigenvalue weighted by atomic mass is 10.1. The van der Waals surface area contributed by atoms with E-state index in [0.29, 0.717) is 5.96 Å². The highest BCUT2D eigenvalue weighted by atomic mass is 15.3. The molecule has 0 saturated heterocycles. The van der Waals surface area contributed by atoms with Crippen LogP contribution in [0.5, 0.6) is 0 Å². The minimum atomic E-state index is 0.571. The van der Waals surface area contributed by atoms with Gasteiger partial charge in [0.1, 0.15) is 0 Å². The number of nitrogens with two attached hydrogens (primary N) is 1. The fourth-order valence-electron chi connectivity index (χ4n) is 2.50. The first-order chi connectivity index (χ1) is 10.6. The Labute approximate surface area is 135 Å². The Kier molecular flexibility index (Phi) is 9.35. The van der Waals surface area contributed by atoms with Crippen LogP contribution in [0.2, 0.25) is 0 Å². The third kappa shape index (κ3) is 8.05. The van der Waals surface area contributed by atoms with E-state index in [9.17, 15) is 0 Å². The number of rotatable bonds is 11. The molecule has 1 rings (SSSR count). The van der Waals surface area contributed by atoms with Crippen LogP contribution in [-0.4, -0.2) is 28.8 Å². The molecule has 0 fully saturated rings. The number of unbranched alkanes of at least 4 members (excludes halogenated alkanes) is 5. The van der Waals surface area contributed by atoms with Crippen LogP contribution >= 0.6 is 0 Å². The predicted molar refractivity (Wildman–Crippen MR) is 94.2 cm³/mol. The van der Waals surface area contributed by atoms with Gasteiger partial charge in [0, 0.05) is 25.3 Å². The summed E-state index contributed by atoms with van der Waals surface area (Å²) in [6.07, 6.45) is 8.74.